The minimum absolute atomic E-state index is 0.647. The van der Waals surface area contributed by atoms with Crippen LogP contribution >= 0.6 is 15.9 Å². The van der Waals surface area contributed by atoms with Gasteiger partial charge in [-0.1, -0.05) is 41.1 Å². The topological polar surface area (TPSA) is 16.1 Å². The fraction of sp³-hybridized carbons (Fsp3) is 0.400. The van der Waals surface area contributed by atoms with Crippen molar-refractivity contribution in [3.63, 3.8) is 0 Å². The van der Waals surface area contributed by atoms with Crippen molar-refractivity contribution in [3.05, 3.63) is 36.4 Å². The van der Waals surface area contributed by atoms with Crippen LogP contribution in [0.3, 0.4) is 0 Å². The molecule has 0 radical (unpaired) electrons. The molecule has 2 unspecified atom stereocenters. The van der Waals surface area contributed by atoms with Crippen LogP contribution in [0.1, 0.15) is 13.3 Å². The number of halogens is 1. The van der Waals surface area contributed by atoms with Crippen LogP contribution in [0, 0.1) is 5.92 Å². The molecule has 1 aromatic heterocycles. The Balaban J connectivity index is 1.90. The number of benzene rings is 1. The van der Waals surface area contributed by atoms with Crippen molar-refractivity contribution >= 4 is 32.7 Å². The molecule has 0 spiro atoms. The summed E-state index contributed by atoms with van der Waals surface area (Å²) in [6, 6.07) is 12.6. The van der Waals surface area contributed by atoms with E-state index >= 15 is 0 Å². The highest BCUT2D eigenvalue weighted by Crippen LogP contribution is 2.27. The first-order valence-corrected chi connectivity index (χ1v) is 7.40. The summed E-state index contributed by atoms with van der Waals surface area (Å²) in [6.07, 6.45) is 1.19. The molecule has 3 rings (SSSR count). The average molecular weight is 305 g/mol. The van der Waals surface area contributed by atoms with Gasteiger partial charge in [0.2, 0.25) is 0 Å². The first kappa shape index (κ1) is 12.0. The van der Waals surface area contributed by atoms with Gasteiger partial charge in [-0.2, -0.15) is 0 Å². The lowest BCUT2D eigenvalue weighted by molar-refractivity contribution is 0.464. The van der Waals surface area contributed by atoms with E-state index in [0.717, 1.165) is 24.4 Å². The first-order valence-electron chi connectivity index (χ1n) is 6.49. The van der Waals surface area contributed by atoms with E-state index in [1.165, 1.54) is 11.8 Å². The number of rotatable bonds is 1. The van der Waals surface area contributed by atoms with Crippen molar-refractivity contribution in [2.45, 2.75) is 18.2 Å². The van der Waals surface area contributed by atoms with Crippen molar-refractivity contribution in [2.24, 2.45) is 5.92 Å². The third-order valence-electron chi connectivity index (χ3n) is 3.71. The van der Waals surface area contributed by atoms with Gasteiger partial charge in [0.15, 0.2) is 0 Å². The molecular weight excluding hydrogens is 288 g/mol. The van der Waals surface area contributed by atoms with Gasteiger partial charge < -0.3 is 4.90 Å². The molecule has 2 aromatic rings. The van der Waals surface area contributed by atoms with E-state index in [1.54, 1.807) is 0 Å². The Morgan fingerprint density at radius 1 is 1.22 bits per heavy atom. The van der Waals surface area contributed by atoms with Gasteiger partial charge >= 0.3 is 0 Å². The summed E-state index contributed by atoms with van der Waals surface area (Å²) >= 11 is 3.75. The summed E-state index contributed by atoms with van der Waals surface area (Å²) in [5.41, 5.74) is 1.09. The molecule has 2 nitrogen and oxygen atoms in total. The summed E-state index contributed by atoms with van der Waals surface area (Å²) < 4.78 is 0. The predicted molar refractivity (Wildman–Crippen MR) is 80.5 cm³/mol. The zero-order valence-electron chi connectivity index (χ0n) is 10.5. The maximum atomic E-state index is 4.77. The van der Waals surface area contributed by atoms with Gasteiger partial charge in [0.25, 0.3) is 0 Å². The van der Waals surface area contributed by atoms with E-state index in [2.05, 4.69) is 58.1 Å². The molecule has 1 aliphatic heterocycles. The first-order chi connectivity index (χ1) is 8.74. The van der Waals surface area contributed by atoms with Gasteiger partial charge in [-0.15, -0.1) is 0 Å². The standard InChI is InChI=1S/C15H17BrN2/c1-11-10-18(9-8-13(11)16)15-7-6-12-4-2-3-5-14(12)17-15/h2-7,11,13H,8-10H2,1H3. The zero-order valence-corrected chi connectivity index (χ0v) is 12.1. The minimum Gasteiger partial charge on any atom is -0.356 e. The van der Waals surface area contributed by atoms with Crippen molar-refractivity contribution in [1.82, 2.24) is 4.98 Å². The summed E-state index contributed by atoms with van der Waals surface area (Å²) in [5, 5.41) is 1.21. The fourth-order valence-corrected chi connectivity index (χ4v) is 2.93. The monoisotopic (exact) mass is 304 g/mol. The van der Waals surface area contributed by atoms with Crippen LogP contribution in [0.2, 0.25) is 0 Å². The van der Waals surface area contributed by atoms with Gasteiger partial charge in [-0.05, 0) is 30.5 Å². The second-order valence-corrected chi connectivity index (χ2v) is 6.27. The molecule has 0 aliphatic carbocycles. The lowest BCUT2D eigenvalue weighted by atomic mass is 10.00. The highest BCUT2D eigenvalue weighted by molar-refractivity contribution is 9.09. The Kier molecular flexibility index (Phi) is 3.25. The van der Waals surface area contributed by atoms with E-state index in [-0.39, 0.29) is 0 Å². The SMILES string of the molecule is CC1CN(c2ccc3ccccc3n2)CCC1Br. The Bertz CT molecular complexity index is 555. The smallest absolute Gasteiger partial charge is 0.129 e. The third-order valence-corrected chi connectivity index (χ3v) is 5.07. The Hall–Kier alpha value is -1.09. The average Bonchev–Trinajstić information content (AvgIpc) is 2.41. The molecule has 2 atom stereocenters. The number of hydrogen-bond acceptors (Lipinski definition) is 2. The second kappa shape index (κ2) is 4.88. The van der Waals surface area contributed by atoms with E-state index in [9.17, 15) is 0 Å². The molecule has 3 heteroatoms. The predicted octanol–water partition coefficient (Wildman–Crippen LogP) is 3.84. The number of alkyl halides is 1. The molecule has 1 aliphatic rings. The Labute approximate surface area is 116 Å². The van der Waals surface area contributed by atoms with Gasteiger partial charge in [-0.3, -0.25) is 0 Å². The lowest BCUT2D eigenvalue weighted by Gasteiger charge is -2.35. The van der Waals surface area contributed by atoms with Gasteiger partial charge in [0, 0.05) is 23.3 Å². The second-order valence-electron chi connectivity index (χ2n) is 5.09. The minimum atomic E-state index is 0.647. The quantitative estimate of drug-likeness (QED) is 0.744. The van der Waals surface area contributed by atoms with Gasteiger partial charge in [0.05, 0.1) is 5.52 Å². The number of aromatic nitrogens is 1. The number of nitrogens with zero attached hydrogens (tertiary/aromatic N) is 2. The molecule has 18 heavy (non-hydrogen) atoms. The molecule has 0 bridgehead atoms. The highest BCUT2D eigenvalue weighted by atomic mass is 79.9. The van der Waals surface area contributed by atoms with E-state index in [1.807, 2.05) is 6.07 Å². The van der Waals surface area contributed by atoms with Crippen LogP contribution < -0.4 is 4.90 Å². The number of piperidine rings is 1. The van der Waals surface area contributed by atoms with E-state index in [4.69, 9.17) is 4.98 Å². The number of pyridine rings is 1. The number of hydrogen-bond donors (Lipinski definition) is 0. The Morgan fingerprint density at radius 2 is 2.06 bits per heavy atom. The number of para-hydroxylation sites is 1. The molecule has 0 amide bonds. The Morgan fingerprint density at radius 3 is 2.89 bits per heavy atom. The lowest BCUT2D eigenvalue weighted by Crippen LogP contribution is -2.40. The van der Waals surface area contributed by atoms with Crippen LogP contribution in [-0.4, -0.2) is 22.9 Å². The summed E-state index contributed by atoms with van der Waals surface area (Å²) in [6.45, 7) is 4.47. The normalized spacial score (nSPS) is 24.4. The summed E-state index contributed by atoms with van der Waals surface area (Å²) in [4.78, 5) is 7.81. The van der Waals surface area contributed by atoms with E-state index in [0.29, 0.717) is 10.7 Å². The number of fused-ring (bicyclic) bond motifs is 1. The van der Waals surface area contributed by atoms with Crippen LogP contribution in [-0.2, 0) is 0 Å². The number of anilines is 1. The molecule has 0 saturated carbocycles. The largest absolute Gasteiger partial charge is 0.356 e. The van der Waals surface area contributed by atoms with Crippen molar-refractivity contribution in [3.8, 4) is 0 Å². The molecule has 1 fully saturated rings. The molecule has 2 heterocycles. The van der Waals surface area contributed by atoms with Crippen LogP contribution in [0.25, 0.3) is 10.9 Å². The highest BCUT2D eigenvalue weighted by Gasteiger charge is 2.24. The van der Waals surface area contributed by atoms with Crippen LogP contribution in [0.15, 0.2) is 36.4 Å². The van der Waals surface area contributed by atoms with Crippen molar-refractivity contribution < 1.29 is 0 Å². The molecule has 0 N–H and O–H groups in total. The summed E-state index contributed by atoms with van der Waals surface area (Å²) in [5.74, 6) is 1.78. The van der Waals surface area contributed by atoms with Crippen molar-refractivity contribution in [1.29, 1.82) is 0 Å². The van der Waals surface area contributed by atoms with Gasteiger partial charge in [-0.25, -0.2) is 4.98 Å². The zero-order chi connectivity index (χ0) is 12.5. The molecule has 1 aromatic carbocycles. The van der Waals surface area contributed by atoms with Crippen molar-refractivity contribution in [2.75, 3.05) is 18.0 Å². The van der Waals surface area contributed by atoms with Gasteiger partial charge in [0.1, 0.15) is 5.82 Å². The van der Waals surface area contributed by atoms with Crippen LogP contribution in [0.4, 0.5) is 5.82 Å². The molecule has 1 saturated heterocycles. The molecule has 94 valence electrons. The molecular formula is C15H17BrN2. The summed E-state index contributed by atoms with van der Waals surface area (Å²) in [7, 11) is 0. The fourth-order valence-electron chi connectivity index (χ4n) is 2.56. The maximum Gasteiger partial charge on any atom is 0.129 e. The third kappa shape index (κ3) is 2.24. The van der Waals surface area contributed by atoms with Crippen LogP contribution in [0.5, 0.6) is 0 Å². The maximum absolute atomic E-state index is 4.77. The van der Waals surface area contributed by atoms with E-state index < -0.39 is 0 Å².